The summed E-state index contributed by atoms with van der Waals surface area (Å²) in [6, 6.07) is 5.34. The Hall–Kier alpha value is -0.580. The van der Waals surface area contributed by atoms with Gasteiger partial charge in [-0.1, -0.05) is 24.1 Å². The lowest BCUT2D eigenvalue weighted by molar-refractivity contribution is -0.118. The number of hydrogen-bond acceptors (Lipinski definition) is 2. The third-order valence-corrected chi connectivity index (χ3v) is 4.23. The van der Waals surface area contributed by atoms with Gasteiger partial charge in [-0.3, -0.25) is 4.79 Å². The summed E-state index contributed by atoms with van der Waals surface area (Å²) in [5, 5.41) is 6.70. The highest BCUT2D eigenvalue weighted by Crippen LogP contribution is 2.30. The Morgan fingerprint density at radius 1 is 1.47 bits per heavy atom. The first-order valence-corrected chi connectivity index (χ1v) is 6.84. The molecule has 0 aromatic heterocycles. The average Bonchev–Trinajstić information content (AvgIpc) is 2.36. The van der Waals surface area contributed by atoms with Gasteiger partial charge in [0, 0.05) is 0 Å². The minimum atomic E-state index is -0.0883. The van der Waals surface area contributed by atoms with E-state index in [2.05, 4.69) is 26.6 Å². The summed E-state index contributed by atoms with van der Waals surface area (Å²) in [6.45, 7) is 0.912. The Morgan fingerprint density at radius 3 is 3.00 bits per heavy atom. The largest absolute Gasteiger partial charge is 0.324 e. The summed E-state index contributed by atoms with van der Waals surface area (Å²) in [5.41, 5.74) is 0.717. The molecule has 1 fully saturated rings. The lowest BCUT2D eigenvalue weighted by atomic mass is 10.0. The molecule has 5 heteroatoms. The molecular weight excluding hydrogens is 304 g/mol. The molecular formula is C12H14BrClN2O. The lowest BCUT2D eigenvalue weighted by Gasteiger charge is -2.22. The summed E-state index contributed by atoms with van der Waals surface area (Å²) < 4.78 is 0.728. The van der Waals surface area contributed by atoms with E-state index in [4.69, 9.17) is 11.6 Å². The summed E-state index contributed by atoms with van der Waals surface area (Å²) in [4.78, 5) is 12.0. The van der Waals surface area contributed by atoms with Gasteiger partial charge in [0.1, 0.15) is 0 Å². The Morgan fingerprint density at radius 2 is 2.29 bits per heavy atom. The Balaban J connectivity index is 2.04. The quantitative estimate of drug-likeness (QED) is 0.879. The molecule has 0 aliphatic carbocycles. The van der Waals surface area contributed by atoms with Crippen LogP contribution in [0.15, 0.2) is 22.7 Å². The summed E-state index contributed by atoms with van der Waals surface area (Å²) >= 11 is 9.33. The van der Waals surface area contributed by atoms with Crippen LogP contribution in [-0.4, -0.2) is 18.5 Å². The van der Waals surface area contributed by atoms with Crippen LogP contribution in [0.4, 0.5) is 5.69 Å². The molecule has 1 unspecified atom stereocenters. The molecule has 1 atom stereocenters. The van der Waals surface area contributed by atoms with Gasteiger partial charge in [0.25, 0.3) is 0 Å². The molecule has 0 spiro atoms. The smallest absolute Gasteiger partial charge is 0.241 e. The van der Waals surface area contributed by atoms with E-state index in [0.29, 0.717) is 5.02 Å². The number of hydrogen-bond donors (Lipinski definition) is 2. The fourth-order valence-corrected chi connectivity index (χ4v) is 2.43. The van der Waals surface area contributed by atoms with Crippen LogP contribution in [0.25, 0.3) is 0 Å². The number of anilines is 1. The van der Waals surface area contributed by atoms with E-state index in [9.17, 15) is 4.79 Å². The molecule has 1 heterocycles. The standard InChI is InChI=1S/C12H14BrClN2O/c13-11-8(14)4-3-6-9(11)16-12(17)10-5-1-2-7-15-10/h3-4,6,10,15H,1-2,5,7H2,(H,16,17). The van der Waals surface area contributed by atoms with Crippen molar-refractivity contribution in [3.63, 3.8) is 0 Å². The van der Waals surface area contributed by atoms with E-state index in [1.54, 1.807) is 6.07 Å². The third kappa shape index (κ3) is 3.21. The van der Waals surface area contributed by atoms with Crippen LogP contribution in [0.1, 0.15) is 19.3 Å². The van der Waals surface area contributed by atoms with Crippen molar-refractivity contribution in [1.82, 2.24) is 5.32 Å². The molecule has 1 amide bonds. The molecule has 0 bridgehead atoms. The predicted octanol–water partition coefficient (Wildman–Crippen LogP) is 3.18. The van der Waals surface area contributed by atoms with Crippen LogP contribution >= 0.6 is 27.5 Å². The number of piperidine rings is 1. The van der Waals surface area contributed by atoms with Crippen molar-refractivity contribution in [1.29, 1.82) is 0 Å². The molecule has 1 aromatic rings. The first kappa shape index (κ1) is 12.9. The number of carbonyl (C=O) groups excluding carboxylic acids is 1. The highest BCUT2D eigenvalue weighted by atomic mass is 79.9. The van der Waals surface area contributed by atoms with Gasteiger partial charge < -0.3 is 10.6 Å². The van der Waals surface area contributed by atoms with E-state index in [1.807, 2.05) is 12.1 Å². The third-order valence-electron chi connectivity index (χ3n) is 2.84. The Kier molecular flexibility index (Phi) is 4.42. The van der Waals surface area contributed by atoms with Gasteiger partial charge in [0.15, 0.2) is 0 Å². The van der Waals surface area contributed by atoms with Crippen molar-refractivity contribution in [3.05, 3.63) is 27.7 Å². The number of rotatable bonds is 2. The van der Waals surface area contributed by atoms with Crippen LogP contribution in [0.3, 0.4) is 0 Å². The maximum Gasteiger partial charge on any atom is 0.241 e. The topological polar surface area (TPSA) is 41.1 Å². The highest BCUT2D eigenvalue weighted by Gasteiger charge is 2.21. The molecule has 17 heavy (non-hydrogen) atoms. The normalized spacial score (nSPS) is 20.0. The summed E-state index contributed by atoms with van der Waals surface area (Å²) in [6.07, 6.45) is 3.14. The van der Waals surface area contributed by atoms with Gasteiger partial charge in [-0.25, -0.2) is 0 Å². The number of carbonyl (C=O) groups is 1. The molecule has 2 N–H and O–H groups in total. The van der Waals surface area contributed by atoms with Gasteiger partial charge in [0.05, 0.1) is 21.2 Å². The van der Waals surface area contributed by atoms with Gasteiger partial charge in [0.2, 0.25) is 5.91 Å². The van der Waals surface area contributed by atoms with E-state index in [-0.39, 0.29) is 11.9 Å². The van der Waals surface area contributed by atoms with Crippen LogP contribution in [0.2, 0.25) is 5.02 Å². The van der Waals surface area contributed by atoms with Crippen molar-refractivity contribution < 1.29 is 4.79 Å². The summed E-state index contributed by atoms with van der Waals surface area (Å²) in [5.74, 6) is 0.00710. The van der Waals surface area contributed by atoms with Crippen molar-refractivity contribution in [2.75, 3.05) is 11.9 Å². The van der Waals surface area contributed by atoms with Crippen LogP contribution in [-0.2, 0) is 4.79 Å². The SMILES string of the molecule is O=C(Nc1cccc(Cl)c1Br)C1CCCCN1. The second kappa shape index (κ2) is 5.85. The monoisotopic (exact) mass is 316 g/mol. The molecule has 2 rings (SSSR count). The maximum atomic E-state index is 12.0. The Labute approximate surface area is 114 Å². The molecule has 1 aliphatic heterocycles. The minimum absolute atomic E-state index is 0.00710. The fraction of sp³-hybridized carbons (Fsp3) is 0.417. The van der Waals surface area contributed by atoms with E-state index >= 15 is 0 Å². The number of amides is 1. The molecule has 1 aromatic carbocycles. The number of nitrogens with one attached hydrogen (secondary N) is 2. The van der Waals surface area contributed by atoms with Crippen LogP contribution < -0.4 is 10.6 Å². The molecule has 3 nitrogen and oxygen atoms in total. The average molecular weight is 318 g/mol. The zero-order valence-corrected chi connectivity index (χ0v) is 11.6. The minimum Gasteiger partial charge on any atom is -0.324 e. The zero-order chi connectivity index (χ0) is 12.3. The lowest BCUT2D eigenvalue weighted by Crippen LogP contribution is -2.43. The Bertz CT molecular complexity index is 419. The van der Waals surface area contributed by atoms with Crippen molar-refractivity contribution in [2.45, 2.75) is 25.3 Å². The first-order valence-electron chi connectivity index (χ1n) is 5.67. The van der Waals surface area contributed by atoms with Gasteiger partial charge in [-0.15, -0.1) is 0 Å². The predicted molar refractivity (Wildman–Crippen MR) is 73.4 cm³/mol. The van der Waals surface area contributed by atoms with E-state index in [1.165, 1.54) is 0 Å². The number of halogens is 2. The summed E-state index contributed by atoms with van der Waals surface area (Å²) in [7, 11) is 0. The van der Waals surface area contributed by atoms with Gasteiger partial charge >= 0.3 is 0 Å². The first-order chi connectivity index (χ1) is 8.18. The maximum absolute atomic E-state index is 12.0. The molecule has 92 valence electrons. The van der Waals surface area contributed by atoms with Crippen molar-refractivity contribution >= 4 is 39.1 Å². The van der Waals surface area contributed by atoms with Crippen LogP contribution in [0.5, 0.6) is 0 Å². The molecule has 0 radical (unpaired) electrons. The molecule has 1 aliphatic rings. The van der Waals surface area contributed by atoms with Crippen LogP contribution in [0, 0.1) is 0 Å². The van der Waals surface area contributed by atoms with Gasteiger partial charge in [-0.05, 0) is 47.4 Å². The fourth-order valence-electron chi connectivity index (χ4n) is 1.90. The van der Waals surface area contributed by atoms with Gasteiger partial charge in [-0.2, -0.15) is 0 Å². The second-order valence-corrected chi connectivity index (χ2v) is 5.29. The highest BCUT2D eigenvalue weighted by molar-refractivity contribution is 9.10. The zero-order valence-electron chi connectivity index (χ0n) is 9.30. The van der Waals surface area contributed by atoms with E-state index < -0.39 is 0 Å². The van der Waals surface area contributed by atoms with Crippen molar-refractivity contribution in [3.8, 4) is 0 Å². The number of benzene rings is 1. The van der Waals surface area contributed by atoms with Crippen molar-refractivity contribution in [2.24, 2.45) is 0 Å². The molecule has 0 saturated carbocycles. The van der Waals surface area contributed by atoms with E-state index in [0.717, 1.165) is 36.0 Å². The molecule has 1 saturated heterocycles. The second-order valence-electron chi connectivity index (χ2n) is 4.09.